The second-order valence-electron chi connectivity index (χ2n) is 5.24. The molecule has 2 unspecified atom stereocenters. The fourth-order valence-corrected chi connectivity index (χ4v) is 2.62. The van der Waals surface area contributed by atoms with E-state index in [2.05, 4.69) is 17.1 Å². The number of carboxylic acids is 2. The van der Waals surface area contributed by atoms with Gasteiger partial charge in [-0.2, -0.15) is 0 Å². The van der Waals surface area contributed by atoms with E-state index in [0.29, 0.717) is 0 Å². The molecule has 0 bridgehead atoms. The quantitative estimate of drug-likeness (QED) is 0.643. The average Bonchev–Trinajstić information content (AvgIpc) is 2.86. The number of rotatable bonds is 2. The van der Waals surface area contributed by atoms with E-state index in [1.807, 2.05) is 0 Å². The van der Waals surface area contributed by atoms with Crippen LogP contribution in [-0.4, -0.2) is 58.8 Å². The molecule has 0 aromatic heterocycles. The van der Waals surface area contributed by atoms with Crippen molar-refractivity contribution in [2.75, 3.05) is 19.6 Å². The first-order chi connectivity index (χ1) is 9.00. The SMILES string of the molecule is CC1CCCCN1CC1CCCN1.O=C(O)C(=O)O. The summed E-state index contributed by atoms with van der Waals surface area (Å²) in [4.78, 5) is 20.9. The van der Waals surface area contributed by atoms with Crippen LogP contribution in [0, 0.1) is 0 Å². The smallest absolute Gasteiger partial charge is 0.414 e. The summed E-state index contributed by atoms with van der Waals surface area (Å²) in [6, 6.07) is 1.62. The van der Waals surface area contributed by atoms with Crippen molar-refractivity contribution in [3.63, 3.8) is 0 Å². The summed E-state index contributed by atoms with van der Waals surface area (Å²) < 4.78 is 0. The zero-order chi connectivity index (χ0) is 14.3. The van der Waals surface area contributed by atoms with Gasteiger partial charge >= 0.3 is 11.9 Å². The zero-order valence-electron chi connectivity index (χ0n) is 11.5. The molecule has 0 spiro atoms. The van der Waals surface area contributed by atoms with Crippen molar-refractivity contribution in [1.29, 1.82) is 0 Å². The highest BCUT2D eigenvalue weighted by atomic mass is 16.4. The monoisotopic (exact) mass is 272 g/mol. The van der Waals surface area contributed by atoms with E-state index in [4.69, 9.17) is 19.8 Å². The van der Waals surface area contributed by atoms with Crippen LogP contribution in [0.1, 0.15) is 39.0 Å². The predicted molar refractivity (Wildman–Crippen MR) is 71.2 cm³/mol. The molecule has 2 aliphatic heterocycles. The van der Waals surface area contributed by atoms with Gasteiger partial charge in [-0.05, 0) is 45.7 Å². The van der Waals surface area contributed by atoms with Crippen molar-refractivity contribution in [2.24, 2.45) is 0 Å². The topological polar surface area (TPSA) is 89.9 Å². The van der Waals surface area contributed by atoms with E-state index in [-0.39, 0.29) is 0 Å². The number of carbonyl (C=O) groups is 2. The maximum absolute atomic E-state index is 9.10. The molecule has 2 saturated heterocycles. The van der Waals surface area contributed by atoms with Crippen molar-refractivity contribution in [3.8, 4) is 0 Å². The summed E-state index contributed by atoms with van der Waals surface area (Å²) in [5.74, 6) is -3.65. The minimum absolute atomic E-state index is 0.792. The highest BCUT2D eigenvalue weighted by Crippen LogP contribution is 2.18. The Morgan fingerprint density at radius 1 is 1.16 bits per heavy atom. The standard InChI is InChI=1S/C11H22N2.C2H2O4/c1-10-5-2-3-8-13(10)9-11-6-4-7-12-11;3-1(4)2(5)6/h10-12H,2-9H2,1H3;(H,3,4)(H,5,6). The number of hydrogen-bond donors (Lipinski definition) is 3. The molecular weight excluding hydrogens is 248 g/mol. The Morgan fingerprint density at radius 2 is 1.84 bits per heavy atom. The van der Waals surface area contributed by atoms with Gasteiger partial charge in [-0.25, -0.2) is 9.59 Å². The van der Waals surface area contributed by atoms with E-state index >= 15 is 0 Å². The maximum atomic E-state index is 9.10. The second-order valence-corrected chi connectivity index (χ2v) is 5.24. The molecule has 110 valence electrons. The molecule has 0 aromatic rings. The van der Waals surface area contributed by atoms with Gasteiger partial charge in [0.05, 0.1) is 0 Å². The van der Waals surface area contributed by atoms with Gasteiger partial charge < -0.3 is 15.5 Å². The summed E-state index contributed by atoms with van der Waals surface area (Å²) in [6.45, 7) is 6.25. The Bertz CT molecular complexity index is 291. The van der Waals surface area contributed by atoms with E-state index in [1.165, 1.54) is 51.7 Å². The van der Waals surface area contributed by atoms with Crippen molar-refractivity contribution in [1.82, 2.24) is 10.2 Å². The first kappa shape index (κ1) is 15.9. The van der Waals surface area contributed by atoms with Gasteiger partial charge in [0, 0.05) is 18.6 Å². The maximum Gasteiger partial charge on any atom is 0.414 e. The molecule has 2 fully saturated rings. The van der Waals surface area contributed by atoms with Crippen molar-refractivity contribution >= 4 is 11.9 Å². The van der Waals surface area contributed by atoms with Gasteiger partial charge in [-0.15, -0.1) is 0 Å². The molecule has 2 atom stereocenters. The molecule has 2 rings (SSSR count). The van der Waals surface area contributed by atoms with Gasteiger partial charge in [0.1, 0.15) is 0 Å². The number of piperidine rings is 1. The lowest BCUT2D eigenvalue weighted by Crippen LogP contribution is -2.44. The van der Waals surface area contributed by atoms with Crippen molar-refractivity contribution in [3.05, 3.63) is 0 Å². The average molecular weight is 272 g/mol. The minimum atomic E-state index is -1.82. The third kappa shape index (κ3) is 6.02. The Morgan fingerprint density at radius 3 is 2.32 bits per heavy atom. The minimum Gasteiger partial charge on any atom is -0.473 e. The Labute approximate surface area is 113 Å². The molecule has 0 aromatic carbocycles. The van der Waals surface area contributed by atoms with Gasteiger partial charge in [-0.1, -0.05) is 6.42 Å². The lowest BCUT2D eigenvalue weighted by molar-refractivity contribution is -0.159. The highest BCUT2D eigenvalue weighted by Gasteiger charge is 2.23. The Kier molecular flexibility index (Phi) is 6.80. The predicted octanol–water partition coefficient (Wildman–Crippen LogP) is 0.768. The number of nitrogens with one attached hydrogen (secondary N) is 1. The van der Waals surface area contributed by atoms with Crippen LogP contribution in [0.5, 0.6) is 0 Å². The summed E-state index contributed by atoms with van der Waals surface area (Å²) >= 11 is 0. The lowest BCUT2D eigenvalue weighted by Gasteiger charge is -2.35. The normalized spacial score (nSPS) is 27.4. The van der Waals surface area contributed by atoms with Gasteiger partial charge in [0.2, 0.25) is 0 Å². The molecule has 0 saturated carbocycles. The molecule has 2 aliphatic rings. The number of nitrogens with zero attached hydrogens (tertiary/aromatic N) is 1. The van der Waals surface area contributed by atoms with E-state index in [9.17, 15) is 0 Å². The van der Waals surface area contributed by atoms with Crippen LogP contribution in [0.25, 0.3) is 0 Å². The molecule has 6 nitrogen and oxygen atoms in total. The molecule has 2 heterocycles. The fourth-order valence-electron chi connectivity index (χ4n) is 2.62. The van der Waals surface area contributed by atoms with E-state index < -0.39 is 11.9 Å². The number of hydrogen-bond acceptors (Lipinski definition) is 4. The Hall–Kier alpha value is -1.14. The van der Waals surface area contributed by atoms with Crippen LogP contribution in [-0.2, 0) is 9.59 Å². The first-order valence-electron chi connectivity index (χ1n) is 6.94. The molecule has 3 N–H and O–H groups in total. The van der Waals surface area contributed by atoms with Crippen LogP contribution in [0.4, 0.5) is 0 Å². The Balaban J connectivity index is 0.000000258. The van der Waals surface area contributed by atoms with Crippen LogP contribution in [0.3, 0.4) is 0 Å². The first-order valence-corrected chi connectivity index (χ1v) is 6.94. The molecular formula is C13H24N2O4. The van der Waals surface area contributed by atoms with Crippen molar-refractivity contribution < 1.29 is 19.8 Å². The third-order valence-electron chi connectivity index (χ3n) is 3.74. The van der Waals surface area contributed by atoms with E-state index in [1.54, 1.807) is 0 Å². The molecule has 0 amide bonds. The van der Waals surface area contributed by atoms with Crippen LogP contribution < -0.4 is 5.32 Å². The zero-order valence-corrected chi connectivity index (χ0v) is 11.5. The number of likely N-dealkylation sites (tertiary alicyclic amines) is 1. The van der Waals surface area contributed by atoms with E-state index in [0.717, 1.165) is 12.1 Å². The molecule has 0 radical (unpaired) electrons. The van der Waals surface area contributed by atoms with Crippen LogP contribution in [0.2, 0.25) is 0 Å². The van der Waals surface area contributed by atoms with Gasteiger partial charge in [0.15, 0.2) is 0 Å². The molecule has 19 heavy (non-hydrogen) atoms. The summed E-state index contributed by atoms with van der Waals surface area (Å²) in [7, 11) is 0. The molecule has 0 aliphatic carbocycles. The third-order valence-corrected chi connectivity index (χ3v) is 3.74. The number of carboxylic acid groups (broad SMARTS) is 2. The largest absolute Gasteiger partial charge is 0.473 e. The summed E-state index contributed by atoms with van der Waals surface area (Å²) in [6.07, 6.45) is 7.04. The highest BCUT2D eigenvalue weighted by molar-refractivity contribution is 6.27. The summed E-state index contributed by atoms with van der Waals surface area (Å²) in [5, 5.41) is 18.4. The summed E-state index contributed by atoms with van der Waals surface area (Å²) in [5.41, 5.74) is 0. The van der Waals surface area contributed by atoms with Crippen LogP contribution in [0.15, 0.2) is 0 Å². The van der Waals surface area contributed by atoms with Crippen LogP contribution >= 0.6 is 0 Å². The number of aliphatic carboxylic acids is 2. The van der Waals surface area contributed by atoms with Gasteiger partial charge in [-0.3, -0.25) is 4.90 Å². The van der Waals surface area contributed by atoms with Gasteiger partial charge in [0.25, 0.3) is 0 Å². The fraction of sp³-hybridized carbons (Fsp3) is 0.846. The lowest BCUT2D eigenvalue weighted by atomic mass is 10.0. The molecule has 6 heteroatoms. The van der Waals surface area contributed by atoms with Crippen molar-refractivity contribution in [2.45, 2.75) is 51.1 Å². The second kappa shape index (κ2) is 8.12.